The zero-order chi connectivity index (χ0) is 17.2. The molecule has 0 fully saturated rings. The predicted octanol–water partition coefficient (Wildman–Crippen LogP) is 4.73. The lowest BCUT2D eigenvalue weighted by Crippen LogP contribution is -1.92. The molecule has 9 heteroatoms. The maximum Gasteiger partial charge on any atom is 0.332 e. The third-order valence-corrected chi connectivity index (χ3v) is 4.36. The zero-order valence-electron chi connectivity index (χ0n) is 11.2. The van der Waals surface area contributed by atoms with Crippen LogP contribution in [0.3, 0.4) is 0 Å². The van der Waals surface area contributed by atoms with Crippen molar-refractivity contribution in [3.63, 3.8) is 0 Å². The molecule has 120 valence electrons. The summed E-state index contributed by atoms with van der Waals surface area (Å²) in [5, 5.41) is 10.8. The van der Waals surface area contributed by atoms with Gasteiger partial charge in [-0.2, -0.15) is 8.42 Å². The average Bonchev–Trinajstić information content (AvgIpc) is 2.45. The molecular weight excluding hydrogens is 368 g/mol. The minimum Gasteiger partial charge on any atom is -0.258 e. The lowest BCUT2D eigenvalue weighted by Gasteiger charge is -2.02. The fourth-order valence-electron chi connectivity index (χ4n) is 1.74. The maximum absolute atomic E-state index is 12.9. The van der Waals surface area contributed by atoms with Gasteiger partial charge in [0, 0.05) is 17.2 Å². The molecule has 0 bridgehead atoms. The Balaban J connectivity index is 2.32. The normalized spacial score (nSPS) is 11.8. The molecule has 0 aliphatic heterocycles. The van der Waals surface area contributed by atoms with E-state index in [1.807, 2.05) is 0 Å². The summed E-state index contributed by atoms with van der Waals surface area (Å²) in [4.78, 5) is 9.54. The molecule has 0 saturated carbocycles. The van der Waals surface area contributed by atoms with E-state index < -0.39 is 20.0 Å². The molecule has 2 rings (SSSR count). The van der Waals surface area contributed by atoms with Crippen molar-refractivity contribution in [1.82, 2.24) is 0 Å². The number of benzene rings is 2. The van der Waals surface area contributed by atoms with Crippen LogP contribution in [0, 0.1) is 10.1 Å². The van der Waals surface area contributed by atoms with E-state index in [-0.39, 0.29) is 15.7 Å². The van der Waals surface area contributed by atoms with Crippen molar-refractivity contribution in [2.75, 3.05) is 0 Å². The molecule has 0 N–H and O–H groups in total. The van der Waals surface area contributed by atoms with Gasteiger partial charge < -0.3 is 0 Å². The monoisotopic (exact) mass is 375 g/mol. The van der Waals surface area contributed by atoms with Crippen LogP contribution in [-0.4, -0.2) is 13.3 Å². The third-order valence-electron chi connectivity index (χ3n) is 2.89. The lowest BCUT2D eigenvalue weighted by molar-refractivity contribution is -0.384. The van der Waals surface area contributed by atoms with E-state index in [9.17, 15) is 22.4 Å². The van der Waals surface area contributed by atoms with Crippen molar-refractivity contribution in [2.45, 2.75) is 4.90 Å². The molecule has 0 aromatic heterocycles. The van der Waals surface area contributed by atoms with Gasteiger partial charge in [-0.25, -0.2) is 0 Å². The smallest absolute Gasteiger partial charge is 0.258 e. The fraction of sp³-hybridized carbons (Fsp3) is 0. The van der Waals surface area contributed by atoms with Crippen LogP contribution in [0.15, 0.2) is 41.3 Å². The number of hydrogen-bond acceptors (Lipinski definition) is 4. The van der Waals surface area contributed by atoms with Gasteiger partial charge in [-0.1, -0.05) is 41.4 Å². The van der Waals surface area contributed by atoms with E-state index >= 15 is 0 Å². The maximum atomic E-state index is 12.9. The van der Waals surface area contributed by atoms with Gasteiger partial charge in [-0.05, 0) is 29.3 Å². The molecule has 5 nitrogen and oxygen atoms in total. The molecule has 0 unspecified atom stereocenters. The van der Waals surface area contributed by atoms with Crippen LogP contribution in [0.5, 0.6) is 0 Å². The van der Waals surface area contributed by atoms with Crippen LogP contribution >= 0.6 is 23.2 Å². The molecule has 23 heavy (non-hydrogen) atoms. The SMILES string of the molecule is O=[N+]([O-])c1ccc(C=Cc2ccc(S(=O)(=O)F)cc2Cl)c(Cl)c1. The van der Waals surface area contributed by atoms with Crippen molar-refractivity contribution in [3.05, 3.63) is 67.7 Å². The van der Waals surface area contributed by atoms with Crippen LogP contribution in [-0.2, 0) is 10.2 Å². The molecule has 0 aliphatic rings. The summed E-state index contributed by atoms with van der Waals surface area (Å²) in [6, 6.07) is 7.38. The minimum atomic E-state index is -4.82. The Morgan fingerprint density at radius 3 is 1.96 bits per heavy atom. The van der Waals surface area contributed by atoms with E-state index in [1.165, 1.54) is 30.3 Å². The molecule has 0 amide bonds. The van der Waals surface area contributed by atoms with E-state index in [0.29, 0.717) is 11.1 Å². The number of hydrogen-bond donors (Lipinski definition) is 0. The Kier molecular flexibility index (Phi) is 5.03. The summed E-state index contributed by atoms with van der Waals surface area (Å²) in [5.41, 5.74) is 0.812. The Labute approximate surface area is 141 Å². The van der Waals surface area contributed by atoms with Crippen molar-refractivity contribution in [1.29, 1.82) is 0 Å². The standard InChI is InChI=1S/C14H8Cl2FNO4S/c15-13-7-11(18(19)20)5-3-9(13)1-2-10-4-6-12(8-14(10)16)23(17,21)22/h1-8H. The first kappa shape index (κ1) is 17.4. The van der Waals surface area contributed by atoms with Gasteiger partial charge >= 0.3 is 10.2 Å². The number of rotatable bonds is 4. The first-order valence-corrected chi connectivity index (χ1v) is 8.18. The van der Waals surface area contributed by atoms with Crippen LogP contribution in [0.25, 0.3) is 12.2 Å². The molecule has 2 aromatic rings. The minimum absolute atomic E-state index is 0.0398. The van der Waals surface area contributed by atoms with Gasteiger partial charge in [0.05, 0.1) is 14.8 Å². The summed E-state index contributed by atoms with van der Waals surface area (Å²) in [6.45, 7) is 0. The van der Waals surface area contributed by atoms with Gasteiger partial charge in [0.2, 0.25) is 0 Å². The Hall–Kier alpha value is -1.96. The van der Waals surface area contributed by atoms with Crippen molar-refractivity contribution < 1.29 is 17.2 Å². The Bertz CT molecular complexity index is 913. The van der Waals surface area contributed by atoms with Gasteiger partial charge in [-0.15, -0.1) is 3.89 Å². The van der Waals surface area contributed by atoms with E-state index in [0.717, 1.165) is 12.1 Å². The molecule has 0 spiro atoms. The van der Waals surface area contributed by atoms with Crippen molar-refractivity contribution in [2.24, 2.45) is 0 Å². The second-order valence-electron chi connectivity index (χ2n) is 4.42. The third kappa shape index (κ3) is 4.28. The fourth-order valence-corrected chi connectivity index (χ4v) is 2.77. The van der Waals surface area contributed by atoms with Gasteiger partial charge in [0.15, 0.2) is 0 Å². The molecule has 2 aromatic carbocycles. The first-order valence-electron chi connectivity index (χ1n) is 6.05. The average molecular weight is 376 g/mol. The highest BCUT2D eigenvalue weighted by Gasteiger charge is 2.13. The summed E-state index contributed by atoms with van der Waals surface area (Å²) < 4.78 is 34.4. The van der Waals surface area contributed by atoms with Gasteiger partial charge in [0.25, 0.3) is 5.69 Å². The second kappa shape index (κ2) is 6.66. The number of nitro benzene ring substituents is 1. The van der Waals surface area contributed by atoms with Crippen molar-refractivity contribution >= 4 is 51.3 Å². The summed E-state index contributed by atoms with van der Waals surface area (Å²) in [5.74, 6) is 0. The number of nitro groups is 1. The highest BCUT2D eigenvalue weighted by Crippen LogP contribution is 2.27. The zero-order valence-corrected chi connectivity index (χ0v) is 13.6. The number of halogens is 3. The predicted molar refractivity (Wildman–Crippen MR) is 86.8 cm³/mol. The summed E-state index contributed by atoms with van der Waals surface area (Å²) >= 11 is 11.9. The molecule has 0 radical (unpaired) electrons. The van der Waals surface area contributed by atoms with Crippen molar-refractivity contribution in [3.8, 4) is 0 Å². The molecule has 0 saturated heterocycles. The van der Waals surface area contributed by atoms with E-state index in [2.05, 4.69) is 0 Å². The number of nitrogens with zero attached hydrogens (tertiary/aromatic N) is 1. The topological polar surface area (TPSA) is 77.3 Å². The van der Waals surface area contributed by atoms with Crippen LogP contribution < -0.4 is 0 Å². The molecule has 0 aliphatic carbocycles. The van der Waals surface area contributed by atoms with Crippen LogP contribution in [0.1, 0.15) is 11.1 Å². The van der Waals surface area contributed by atoms with Crippen LogP contribution in [0.2, 0.25) is 10.0 Å². The quantitative estimate of drug-likeness (QED) is 0.335. The van der Waals surface area contributed by atoms with Gasteiger partial charge in [0.1, 0.15) is 0 Å². The molecule has 0 heterocycles. The van der Waals surface area contributed by atoms with Gasteiger partial charge in [-0.3, -0.25) is 10.1 Å². The summed E-state index contributed by atoms with van der Waals surface area (Å²) in [6.07, 6.45) is 3.08. The molecule has 0 atom stereocenters. The Morgan fingerprint density at radius 1 is 1.00 bits per heavy atom. The lowest BCUT2D eigenvalue weighted by atomic mass is 10.1. The highest BCUT2D eigenvalue weighted by atomic mass is 35.5. The van der Waals surface area contributed by atoms with E-state index in [1.54, 1.807) is 6.08 Å². The second-order valence-corrected chi connectivity index (χ2v) is 6.58. The largest absolute Gasteiger partial charge is 0.332 e. The Morgan fingerprint density at radius 2 is 1.52 bits per heavy atom. The first-order chi connectivity index (χ1) is 10.7. The van der Waals surface area contributed by atoms with Crippen LogP contribution in [0.4, 0.5) is 9.57 Å². The molecular formula is C14H8Cl2FNO4S. The van der Waals surface area contributed by atoms with E-state index in [4.69, 9.17) is 23.2 Å². The highest BCUT2D eigenvalue weighted by molar-refractivity contribution is 7.86. The summed E-state index contributed by atoms with van der Waals surface area (Å²) in [7, 11) is -4.82. The number of non-ortho nitro benzene ring substituents is 1.